The Morgan fingerprint density at radius 1 is 1.38 bits per heavy atom. The van der Waals surface area contributed by atoms with E-state index in [1.54, 1.807) is 0 Å². The number of anilines is 2. The Kier molecular flexibility index (Phi) is 3.01. The second-order valence-electron chi connectivity index (χ2n) is 3.77. The summed E-state index contributed by atoms with van der Waals surface area (Å²) in [5.74, 6) is 0.227. The molecule has 0 spiro atoms. The van der Waals surface area contributed by atoms with Crippen LogP contribution in [0.25, 0.3) is 0 Å². The molecule has 0 aromatic carbocycles. The fraction of sp³-hybridized carbons (Fsp3) is 0.625. The van der Waals surface area contributed by atoms with E-state index in [-0.39, 0.29) is 5.82 Å². The van der Waals surface area contributed by atoms with Crippen molar-refractivity contribution < 1.29 is 8.42 Å². The monoisotopic (exact) mass is 245 g/mol. The maximum atomic E-state index is 11.9. The van der Waals surface area contributed by atoms with Crippen LogP contribution in [0.1, 0.15) is 19.3 Å². The van der Waals surface area contributed by atoms with Crippen molar-refractivity contribution in [3.05, 3.63) is 6.20 Å². The summed E-state index contributed by atoms with van der Waals surface area (Å²) in [5, 5.41) is 6.16. The van der Waals surface area contributed by atoms with E-state index in [2.05, 4.69) is 14.9 Å². The number of aromatic nitrogens is 2. The SMILES string of the molecule is Nc1cn[nH]c1NS(=O)(=O)N1CCCCC1. The van der Waals surface area contributed by atoms with E-state index < -0.39 is 10.2 Å². The molecule has 1 aromatic rings. The largest absolute Gasteiger partial charge is 0.394 e. The molecule has 4 N–H and O–H groups in total. The minimum absolute atomic E-state index is 0.227. The van der Waals surface area contributed by atoms with Crippen molar-refractivity contribution in [2.24, 2.45) is 0 Å². The highest BCUT2D eigenvalue weighted by atomic mass is 32.2. The Labute approximate surface area is 94.2 Å². The maximum absolute atomic E-state index is 11.9. The molecule has 2 rings (SSSR count). The van der Waals surface area contributed by atoms with Crippen LogP contribution in [0, 0.1) is 0 Å². The summed E-state index contributed by atoms with van der Waals surface area (Å²) in [4.78, 5) is 0. The third kappa shape index (κ3) is 2.27. The summed E-state index contributed by atoms with van der Waals surface area (Å²) in [6.45, 7) is 1.12. The van der Waals surface area contributed by atoms with E-state index in [0.29, 0.717) is 18.8 Å². The summed E-state index contributed by atoms with van der Waals surface area (Å²) in [6, 6.07) is 0. The van der Waals surface area contributed by atoms with Gasteiger partial charge in [0, 0.05) is 13.1 Å². The zero-order chi connectivity index (χ0) is 11.6. The van der Waals surface area contributed by atoms with Crippen LogP contribution in [0.5, 0.6) is 0 Å². The number of hydrogen-bond acceptors (Lipinski definition) is 4. The first kappa shape index (κ1) is 11.2. The number of piperidine rings is 1. The Balaban J connectivity index is 2.10. The lowest BCUT2D eigenvalue weighted by Crippen LogP contribution is -2.39. The highest BCUT2D eigenvalue weighted by Crippen LogP contribution is 2.18. The maximum Gasteiger partial charge on any atom is 0.302 e. The molecular weight excluding hydrogens is 230 g/mol. The molecule has 0 radical (unpaired) electrons. The first-order valence-corrected chi connectivity index (χ1v) is 6.60. The molecule has 16 heavy (non-hydrogen) atoms. The van der Waals surface area contributed by atoms with Crippen LogP contribution in [0.3, 0.4) is 0 Å². The van der Waals surface area contributed by atoms with Gasteiger partial charge in [0.1, 0.15) is 0 Å². The van der Waals surface area contributed by atoms with Gasteiger partial charge in [-0.25, -0.2) is 0 Å². The molecule has 0 aliphatic carbocycles. The van der Waals surface area contributed by atoms with Crippen molar-refractivity contribution in [3.63, 3.8) is 0 Å². The summed E-state index contributed by atoms with van der Waals surface area (Å²) in [6.07, 6.45) is 4.25. The Morgan fingerprint density at radius 3 is 2.62 bits per heavy atom. The van der Waals surface area contributed by atoms with Gasteiger partial charge in [0.05, 0.1) is 11.9 Å². The van der Waals surface area contributed by atoms with Crippen LogP contribution in [-0.2, 0) is 10.2 Å². The van der Waals surface area contributed by atoms with E-state index in [1.165, 1.54) is 10.5 Å². The van der Waals surface area contributed by atoms with E-state index >= 15 is 0 Å². The standard InChI is InChI=1S/C8H15N5O2S/c9-7-6-10-11-8(7)12-16(14,15)13-4-2-1-3-5-13/h6H,1-5,9H2,(H2,10,11,12). The minimum Gasteiger partial charge on any atom is -0.394 e. The predicted molar refractivity (Wildman–Crippen MR) is 61.0 cm³/mol. The smallest absolute Gasteiger partial charge is 0.302 e. The predicted octanol–water partition coefficient (Wildman–Crippen LogP) is 0.134. The Hall–Kier alpha value is -1.28. The van der Waals surface area contributed by atoms with Gasteiger partial charge < -0.3 is 5.73 Å². The average Bonchev–Trinajstić information content (AvgIpc) is 2.65. The first-order chi connectivity index (χ1) is 7.59. The zero-order valence-electron chi connectivity index (χ0n) is 8.81. The van der Waals surface area contributed by atoms with Crippen molar-refractivity contribution in [1.82, 2.24) is 14.5 Å². The van der Waals surface area contributed by atoms with E-state index in [9.17, 15) is 8.42 Å². The highest BCUT2D eigenvalue weighted by Gasteiger charge is 2.24. The Morgan fingerprint density at radius 2 is 2.06 bits per heavy atom. The summed E-state index contributed by atoms with van der Waals surface area (Å²) < 4.78 is 27.7. The average molecular weight is 245 g/mol. The molecule has 90 valence electrons. The van der Waals surface area contributed by atoms with E-state index in [4.69, 9.17) is 5.73 Å². The van der Waals surface area contributed by atoms with E-state index in [1.807, 2.05) is 0 Å². The van der Waals surface area contributed by atoms with Gasteiger partial charge >= 0.3 is 10.2 Å². The lowest BCUT2D eigenvalue weighted by molar-refractivity contribution is 0.349. The fourth-order valence-electron chi connectivity index (χ4n) is 1.68. The normalized spacial score (nSPS) is 18.5. The first-order valence-electron chi connectivity index (χ1n) is 5.16. The topological polar surface area (TPSA) is 104 Å². The number of nitrogens with two attached hydrogens (primary N) is 1. The number of aromatic amines is 1. The van der Waals surface area contributed by atoms with Crippen molar-refractivity contribution in [1.29, 1.82) is 0 Å². The van der Waals surface area contributed by atoms with Gasteiger partial charge in [0.15, 0.2) is 5.82 Å². The number of nitrogen functional groups attached to an aromatic ring is 1. The molecule has 0 saturated carbocycles. The third-order valence-corrected chi connectivity index (χ3v) is 4.06. The quantitative estimate of drug-likeness (QED) is 0.704. The second kappa shape index (κ2) is 4.30. The minimum atomic E-state index is -3.50. The van der Waals surface area contributed by atoms with Gasteiger partial charge in [-0.3, -0.25) is 9.82 Å². The molecule has 1 aliphatic heterocycles. The van der Waals surface area contributed by atoms with Gasteiger partial charge in [-0.2, -0.15) is 17.8 Å². The number of rotatable bonds is 3. The van der Waals surface area contributed by atoms with Gasteiger partial charge in [-0.1, -0.05) is 6.42 Å². The third-order valence-electron chi connectivity index (χ3n) is 2.55. The molecule has 1 aromatic heterocycles. The zero-order valence-corrected chi connectivity index (χ0v) is 9.63. The number of hydrogen-bond donors (Lipinski definition) is 3. The fourth-order valence-corrected chi connectivity index (χ4v) is 2.97. The molecule has 0 atom stereocenters. The lowest BCUT2D eigenvalue weighted by atomic mass is 10.2. The Bertz CT molecular complexity index is 449. The van der Waals surface area contributed by atoms with Crippen molar-refractivity contribution in [2.75, 3.05) is 23.5 Å². The van der Waals surface area contributed by atoms with E-state index in [0.717, 1.165) is 19.3 Å². The van der Waals surface area contributed by atoms with Crippen LogP contribution in [0.2, 0.25) is 0 Å². The lowest BCUT2D eigenvalue weighted by Gasteiger charge is -2.25. The molecule has 1 fully saturated rings. The summed E-state index contributed by atoms with van der Waals surface area (Å²) in [5.41, 5.74) is 5.83. The highest BCUT2D eigenvalue weighted by molar-refractivity contribution is 7.90. The van der Waals surface area contributed by atoms with Gasteiger partial charge in [0.25, 0.3) is 0 Å². The molecule has 0 bridgehead atoms. The molecular formula is C8H15N5O2S. The molecule has 2 heterocycles. The van der Waals surface area contributed by atoms with Crippen molar-refractivity contribution in [3.8, 4) is 0 Å². The van der Waals surface area contributed by atoms with Gasteiger partial charge in [0.2, 0.25) is 0 Å². The number of nitrogens with one attached hydrogen (secondary N) is 2. The van der Waals surface area contributed by atoms with Crippen LogP contribution >= 0.6 is 0 Å². The summed E-state index contributed by atoms with van der Waals surface area (Å²) >= 11 is 0. The van der Waals surface area contributed by atoms with Crippen LogP contribution in [-0.4, -0.2) is 36.0 Å². The van der Waals surface area contributed by atoms with Crippen LogP contribution in [0.4, 0.5) is 11.5 Å². The van der Waals surface area contributed by atoms with Gasteiger partial charge in [-0.05, 0) is 12.8 Å². The van der Waals surface area contributed by atoms with Crippen LogP contribution in [0.15, 0.2) is 6.20 Å². The van der Waals surface area contributed by atoms with Crippen molar-refractivity contribution in [2.45, 2.75) is 19.3 Å². The van der Waals surface area contributed by atoms with Crippen molar-refractivity contribution >= 4 is 21.7 Å². The molecule has 8 heteroatoms. The molecule has 0 unspecified atom stereocenters. The number of nitrogens with zero attached hydrogens (tertiary/aromatic N) is 2. The molecule has 1 saturated heterocycles. The van der Waals surface area contributed by atoms with Gasteiger partial charge in [-0.15, -0.1) is 0 Å². The number of H-pyrrole nitrogens is 1. The van der Waals surface area contributed by atoms with Crippen LogP contribution < -0.4 is 10.5 Å². The summed E-state index contributed by atoms with van der Waals surface area (Å²) in [7, 11) is -3.50. The second-order valence-corrected chi connectivity index (χ2v) is 5.44. The molecule has 1 aliphatic rings. The molecule has 7 nitrogen and oxygen atoms in total. The molecule has 0 amide bonds.